The highest BCUT2D eigenvalue weighted by molar-refractivity contribution is 5.92. The van der Waals surface area contributed by atoms with Crippen LogP contribution in [0.5, 0.6) is 0 Å². The molecule has 172 valence electrons. The summed E-state index contributed by atoms with van der Waals surface area (Å²) in [6.45, 7) is 9.33. The van der Waals surface area contributed by atoms with Gasteiger partial charge in [0.25, 0.3) is 0 Å². The van der Waals surface area contributed by atoms with E-state index < -0.39 is 29.9 Å². The molecule has 0 aromatic heterocycles. The molecule has 0 spiro atoms. The summed E-state index contributed by atoms with van der Waals surface area (Å²) < 4.78 is 0. The van der Waals surface area contributed by atoms with Crippen LogP contribution in [0, 0.1) is 11.8 Å². The molecule has 0 rings (SSSR count). The molecule has 0 aliphatic rings. The lowest BCUT2D eigenvalue weighted by molar-refractivity contribution is -0.133. The van der Waals surface area contributed by atoms with Gasteiger partial charge in [0.15, 0.2) is 5.96 Å². The van der Waals surface area contributed by atoms with E-state index in [1.165, 1.54) is 6.92 Å². The van der Waals surface area contributed by atoms with E-state index in [4.69, 9.17) is 11.5 Å². The molecule has 0 unspecified atom stereocenters. The van der Waals surface area contributed by atoms with Gasteiger partial charge in [0.05, 0.1) is 6.04 Å². The SMILES string of the molecule is CC[C@H](C)[C@H](NC(=O)[C@H](CC(C)C)NC(C)=O)C(=O)N[C@H](C=O)CCCN=C(N)N. The van der Waals surface area contributed by atoms with Gasteiger partial charge in [-0.05, 0) is 31.1 Å². The van der Waals surface area contributed by atoms with Gasteiger partial charge < -0.3 is 32.2 Å². The van der Waals surface area contributed by atoms with Gasteiger partial charge in [-0.15, -0.1) is 0 Å². The Morgan fingerprint density at radius 3 is 2.13 bits per heavy atom. The van der Waals surface area contributed by atoms with E-state index >= 15 is 0 Å². The van der Waals surface area contributed by atoms with Crippen molar-refractivity contribution in [3.05, 3.63) is 0 Å². The molecule has 10 nitrogen and oxygen atoms in total. The summed E-state index contributed by atoms with van der Waals surface area (Å²) in [5.41, 5.74) is 10.5. The zero-order valence-corrected chi connectivity index (χ0v) is 18.7. The Kier molecular flexibility index (Phi) is 13.1. The van der Waals surface area contributed by atoms with Crippen molar-refractivity contribution >= 4 is 30.0 Å². The van der Waals surface area contributed by atoms with Crippen molar-refractivity contribution in [1.82, 2.24) is 16.0 Å². The van der Waals surface area contributed by atoms with Crippen LogP contribution in [-0.2, 0) is 19.2 Å². The Hall–Kier alpha value is -2.65. The van der Waals surface area contributed by atoms with Crippen molar-refractivity contribution in [3.8, 4) is 0 Å². The van der Waals surface area contributed by atoms with Crippen molar-refractivity contribution in [2.75, 3.05) is 6.54 Å². The number of amides is 3. The lowest BCUT2D eigenvalue weighted by Crippen LogP contribution is -2.57. The zero-order valence-electron chi connectivity index (χ0n) is 18.7. The van der Waals surface area contributed by atoms with E-state index in [0.29, 0.717) is 38.5 Å². The predicted molar refractivity (Wildman–Crippen MR) is 116 cm³/mol. The minimum absolute atomic E-state index is 0.0312. The lowest BCUT2D eigenvalue weighted by atomic mass is 9.96. The van der Waals surface area contributed by atoms with Gasteiger partial charge in [-0.1, -0.05) is 34.1 Å². The third kappa shape index (κ3) is 11.4. The van der Waals surface area contributed by atoms with E-state index in [2.05, 4.69) is 20.9 Å². The van der Waals surface area contributed by atoms with Gasteiger partial charge in [0.2, 0.25) is 17.7 Å². The Morgan fingerprint density at radius 1 is 1.03 bits per heavy atom. The highest BCUT2D eigenvalue weighted by Gasteiger charge is 2.30. The van der Waals surface area contributed by atoms with Gasteiger partial charge in [-0.3, -0.25) is 19.4 Å². The monoisotopic (exact) mass is 426 g/mol. The number of hydrogen-bond donors (Lipinski definition) is 5. The first-order valence-corrected chi connectivity index (χ1v) is 10.4. The number of hydrogen-bond acceptors (Lipinski definition) is 5. The number of nitrogens with two attached hydrogens (primary N) is 2. The molecule has 7 N–H and O–H groups in total. The van der Waals surface area contributed by atoms with E-state index in [9.17, 15) is 19.2 Å². The molecule has 0 saturated heterocycles. The zero-order chi connectivity index (χ0) is 23.3. The molecule has 0 heterocycles. The Bertz CT molecular complexity index is 604. The van der Waals surface area contributed by atoms with E-state index in [1.807, 2.05) is 27.7 Å². The maximum Gasteiger partial charge on any atom is 0.243 e. The molecule has 0 aromatic carbocycles. The van der Waals surface area contributed by atoms with Crippen molar-refractivity contribution in [2.45, 2.75) is 78.4 Å². The van der Waals surface area contributed by atoms with Gasteiger partial charge in [0.1, 0.15) is 18.4 Å². The first kappa shape index (κ1) is 27.4. The molecule has 0 radical (unpaired) electrons. The molecular formula is C20H38N6O4. The first-order chi connectivity index (χ1) is 14.0. The third-order valence-corrected chi connectivity index (χ3v) is 4.65. The fourth-order valence-electron chi connectivity index (χ4n) is 2.87. The second kappa shape index (κ2) is 14.4. The topological polar surface area (TPSA) is 169 Å². The minimum Gasteiger partial charge on any atom is -0.370 e. The Morgan fingerprint density at radius 2 is 1.67 bits per heavy atom. The molecule has 0 fully saturated rings. The average molecular weight is 427 g/mol. The summed E-state index contributed by atoms with van der Waals surface area (Å²) in [5, 5.41) is 8.07. The van der Waals surface area contributed by atoms with Crippen LogP contribution >= 0.6 is 0 Å². The summed E-state index contributed by atoms with van der Waals surface area (Å²) in [7, 11) is 0. The largest absolute Gasteiger partial charge is 0.370 e. The van der Waals surface area contributed by atoms with E-state index in [0.717, 1.165) is 0 Å². The van der Waals surface area contributed by atoms with Gasteiger partial charge >= 0.3 is 0 Å². The highest BCUT2D eigenvalue weighted by Crippen LogP contribution is 2.11. The van der Waals surface area contributed by atoms with Crippen LogP contribution in [0.15, 0.2) is 4.99 Å². The molecular weight excluding hydrogens is 388 g/mol. The smallest absolute Gasteiger partial charge is 0.243 e. The average Bonchev–Trinajstić information content (AvgIpc) is 2.65. The van der Waals surface area contributed by atoms with Crippen LogP contribution in [0.4, 0.5) is 0 Å². The number of aliphatic imine (C=N–C) groups is 1. The predicted octanol–water partition coefficient (Wildman–Crippen LogP) is -0.195. The second-order valence-corrected chi connectivity index (χ2v) is 7.95. The Labute approximate surface area is 179 Å². The summed E-state index contributed by atoms with van der Waals surface area (Å²) in [6.07, 6.45) is 2.63. The van der Waals surface area contributed by atoms with Crippen molar-refractivity contribution in [3.63, 3.8) is 0 Å². The number of nitrogens with one attached hydrogen (secondary N) is 3. The first-order valence-electron chi connectivity index (χ1n) is 10.4. The van der Waals surface area contributed by atoms with Crippen LogP contribution < -0.4 is 27.4 Å². The second-order valence-electron chi connectivity index (χ2n) is 7.95. The normalized spacial score (nSPS) is 14.7. The molecule has 3 amide bonds. The maximum absolute atomic E-state index is 12.8. The van der Waals surface area contributed by atoms with Crippen LogP contribution in [-0.4, -0.2) is 54.6 Å². The fraction of sp³-hybridized carbons (Fsp3) is 0.750. The quantitative estimate of drug-likeness (QED) is 0.112. The molecule has 30 heavy (non-hydrogen) atoms. The van der Waals surface area contributed by atoms with Gasteiger partial charge in [-0.2, -0.15) is 0 Å². The van der Waals surface area contributed by atoms with Crippen LogP contribution in [0.3, 0.4) is 0 Å². The number of nitrogens with zero attached hydrogens (tertiary/aromatic N) is 1. The molecule has 0 bridgehead atoms. The molecule has 0 aliphatic heterocycles. The van der Waals surface area contributed by atoms with Crippen LogP contribution in [0.25, 0.3) is 0 Å². The molecule has 0 aromatic rings. The Balaban J connectivity index is 5.16. The number of carbonyl (C=O) groups excluding carboxylic acids is 4. The van der Waals surface area contributed by atoms with Gasteiger partial charge in [-0.25, -0.2) is 0 Å². The number of aldehydes is 1. The van der Waals surface area contributed by atoms with Crippen molar-refractivity contribution < 1.29 is 19.2 Å². The van der Waals surface area contributed by atoms with Gasteiger partial charge in [0, 0.05) is 13.5 Å². The summed E-state index contributed by atoms with van der Waals surface area (Å²) >= 11 is 0. The standard InChI is InChI=1S/C20H38N6O4/c1-6-13(4)17(26-18(29)16(10-12(2)3)24-14(5)28)19(30)25-15(11-27)8-7-9-23-20(21)22/h11-13,15-17H,6-10H2,1-5H3,(H,24,28)(H,25,30)(H,26,29)(H4,21,22,23)/t13-,15-,16-,17-/m0/s1. The number of rotatable bonds is 14. The van der Waals surface area contributed by atoms with Crippen LogP contribution in [0.1, 0.15) is 60.3 Å². The highest BCUT2D eigenvalue weighted by atomic mass is 16.2. The molecule has 10 heteroatoms. The molecule has 0 saturated carbocycles. The summed E-state index contributed by atoms with van der Waals surface area (Å²) in [4.78, 5) is 52.3. The fourth-order valence-corrected chi connectivity index (χ4v) is 2.87. The summed E-state index contributed by atoms with van der Waals surface area (Å²) in [6, 6.07) is -2.27. The maximum atomic E-state index is 12.8. The van der Waals surface area contributed by atoms with E-state index in [-0.39, 0.29) is 23.7 Å². The van der Waals surface area contributed by atoms with Crippen molar-refractivity contribution in [2.24, 2.45) is 28.3 Å². The van der Waals surface area contributed by atoms with E-state index in [1.54, 1.807) is 0 Å². The lowest BCUT2D eigenvalue weighted by Gasteiger charge is -2.28. The number of carbonyl (C=O) groups is 4. The molecule has 0 aliphatic carbocycles. The van der Waals surface area contributed by atoms with Crippen molar-refractivity contribution in [1.29, 1.82) is 0 Å². The summed E-state index contributed by atoms with van der Waals surface area (Å²) in [5.74, 6) is -1.20. The minimum atomic E-state index is -0.828. The third-order valence-electron chi connectivity index (χ3n) is 4.65. The number of guanidine groups is 1. The molecule has 4 atom stereocenters. The van der Waals surface area contributed by atoms with Crippen LogP contribution in [0.2, 0.25) is 0 Å².